The monoisotopic (exact) mass is 350 g/mol. The third-order valence-electron chi connectivity index (χ3n) is 4.25. The second-order valence-corrected chi connectivity index (χ2v) is 7.62. The second-order valence-electron chi connectivity index (χ2n) is 6.83. The molecule has 3 rings (SSSR count). The van der Waals surface area contributed by atoms with E-state index in [1.54, 1.807) is 0 Å². The highest BCUT2D eigenvalue weighted by atomic mass is 79.9. The first-order valence-corrected chi connectivity index (χ1v) is 8.80. The van der Waals surface area contributed by atoms with Gasteiger partial charge in [0.2, 0.25) is 0 Å². The van der Waals surface area contributed by atoms with Gasteiger partial charge in [-0.15, -0.1) is 0 Å². The van der Waals surface area contributed by atoms with E-state index in [0.29, 0.717) is 6.04 Å². The normalized spacial score (nSPS) is 16.2. The molecule has 0 N–H and O–H groups in total. The maximum absolute atomic E-state index is 4.73. The van der Waals surface area contributed by atoms with Gasteiger partial charge >= 0.3 is 0 Å². The molecule has 2 aromatic rings. The SMILES string of the molecule is CC(C)(C)c1cc2c(N(CCBr)C3CCC3)nccn2n1. The van der Waals surface area contributed by atoms with E-state index < -0.39 is 0 Å². The quantitative estimate of drug-likeness (QED) is 0.786. The van der Waals surface area contributed by atoms with Gasteiger partial charge in [0.1, 0.15) is 5.52 Å². The Morgan fingerprint density at radius 2 is 2.14 bits per heavy atom. The molecule has 0 radical (unpaired) electrons. The number of halogens is 1. The lowest BCUT2D eigenvalue weighted by Gasteiger charge is -2.38. The van der Waals surface area contributed by atoms with Crippen molar-refractivity contribution < 1.29 is 0 Å². The minimum Gasteiger partial charge on any atom is -0.351 e. The van der Waals surface area contributed by atoms with E-state index in [-0.39, 0.29) is 5.41 Å². The van der Waals surface area contributed by atoms with E-state index in [0.717, 1.165) is 28.9 Å². The summed E-state index contributed by atoms with van der Waals surface area (Å²) in [5.41, 5.74) is 2.29. The van der Waals surface area contributed by atoms with Crippen LogP contribution in [0.25, 0.3) is 5.52 Å². The molecular formula is C16H23BrN4. The summed E-state index contributed by atoms with van der Waals surface area (Å²) in [5.74, 6) is 1.07. The van der Waals surface area contributed by atoms with Gasteiger partial charge in [0, 0.05) is 35.7 Å². The molecule has 1 saturated carbocycles. The number of hydrogen-bond donors (Lipinski definition) is 0. The van der Waals surface area contributed by atoms with E-state index in [9.17, 15) is 0 Å². The molecule has 1 fully saturated rings. The molecule has 2 aromatic heterocycles. The van der Waals surface area contributed by atoms with Crippen molar-refractivity contribution >= 4 is 27.3 Å². The largest absolute Gasteiger partial charge is 0.351 e. The summed E-state index contributed by atoms with van der Waals surface area (Å²) >= 11 is 3.58. The molecule has 21 heavy (non-hydrogen) atoms. The van der Waals surface area contributed by atoms with Crippen molar-refractivity contribution in [2.24, 2.45) is 0 Å². The average molecular weight is 351 g/mol. The van der Waals surface area contributed by atoms with Crippen LogP contribution in [-0.4, -0.2) is 32.5 Å². The van der Waals surface area contributed by atoms with E-state index >= 15 is 0 Å². The summed E-state index contributed by atoms with van der Waals surface area (Å²) in [7, 11) is 0. The Hall–Kier alpha value is -1.10. The number of hydrogen-bond acceptors (Lipinski definition) is 3. The van der Waals surface area contributed by atoms with Crippen LogP contribution in [0, 0.1) is 0 Å². The van der Waals surface area contributed by atoms with Crippen LogP contribution >= 0.6 is 15.9 Å². The molecular weight excluding hydrogens is 328 g/mol. The molecule has 0 saturated heterocycles. The van der Waals surface area contributed by atoms with Crippen molar-refractivity contribution in [2.75, 3.05) is 16.8 Å². The van der Waals surface area contributed by atoms with Crippen LogP contribution in [-0.2, 0) is 5.41 Å². The molecule has 0 aliphatic heterocycles. The van der Waals surface area contributed by atoms with Crippen molar-refractivity contribution in [3.63, 3.8) is 0 Å². The molecule has 5 heteroatoms. The van der Waals surface area contributed by atoms with E-state index in [4.69, 9.17) is 5.10 Å². The number of alkyl halides is 1. The maximum Gasteiger partial charge on any atom is 0.154 e. The van der Waals surface area contributed by atoms with Crippen molar-refractivity contribution in [3.05, 3.63) is 24.2 Å². The predicted octanol–water partition coefficient (Wildman–Crippen LogP) is 3.78. The minimum absolute atomic E-state index is 0.0556. The summed E-state index contributed by atoms with van der Waals surface area (Å²) < 4.78 is 1.98. The third kappa shape index (κ3) is 2.80. The zero-order valence-corrected chi connectivity index (χ0v) is 14.6. The van der Waals surface area contributed by atoms with Crippen molar-refractivity contribution in [2.45, 2.75) is 51.5 Å². The molecule has 114 valence electrons. The Labute approximate surface area is 134 Å². The first-order chi connectivity index (χ1) is 10.0. The van der Waals surface area contributed by atoms with Gasteiger partial charge in [-0.05, 0) is 25.3 Å². The van der Waals surface area contributed by atoms with E-state index in [1.807, 2.05) is 16.9 Å². The number of fused-ring (bicyclic) bond motifs is 1. The summed E-state index contributed by atoms with van der Waals surface area (Å²) in [5, 5.41) is 5.69. The molecule has 0 aromatic carbocycles. The highest BCUT2D eigenvalue weighted by molar-refractivity contribution is 9.09. The average Bonchev–Trinajstić information content (AvgIpc) is 2.79. The van der Waals surface area contributed by atoms with Gasteiger partial charge < -0.3 is 4.90 Å². The standard InChI is InChI=1S/C16H23BrN4/c1-16(2,3)14-11-13-15(18-8-10-21(13)19-14)20(9-7-17)12-5-4-6-12/h8,10-12H,4-7,9H2,1-3H3. The molecule has 0 atom stereocenters. The number of rotatable bonds is 4. The molecule has 1 aliphatic carbocycles. The Balaban J connectivity index is 2.06. The van der Waals surface area contributed by atoms with Crippen molar-refractivity contribution in [3.8, 4) is 0 Å². The number of aromatic nitrogens is 3. The molecule has 0 unspecified atom stereocenters. The first-order valence-electron chi connectivity index (χ1n) is 7.68. The zero-order valence-electron chi connectivity index (χ0n) is 13.0. The van der Waals surface area contributed by atoms with Crippen LogP contribution in [0.1, 0.15) is 45.7 Å². The lowest BCUT2D eigenvalue weighted by atomic mass is 9.91. The summed E-state index contributed by atoms with van der Waals surface area (Å²) in [6.07, 6.45) is 7.69. The smallest absolute Gasteiger partial charge is 0.154 e. The van der Waals surface area contributed by atoms with Crippen LogP contribution in [0.2, 0.25) is 0 Å². The van der Waals surface area contributed by atoms with Gasteiger partial charge in [0.25, 0.3) is 0 Å². The lowest BCUT2D eigenvalue weighted by molar-refractivity contribution is 0.389. The van der Waals surface area contributed by atoms with E-state index in [2.05, 4.69) is 52.7 Å². The molecule has 0 spiro atoms. The molecule has 0 amide bonds. The molecule has 2 heterocycles. The molecule has 1 aliphatic rings. The summed E-state index contributed by atoms with van der Waals surface area (Å²) in [6, 6.07) is 2.83. The fourth-order valence-electron chi connectivity index (χ4n) is 2.75. The molecule has 4 nitrogen and oxygen atoms in total. The van der Waals surface area contributed by atoms with Gasteiger partial charge in [-0.1, -0.05) is 36.7 Å². The Morgan fingerprint density at radius 1 is 1.38 bits per heavy atom. The number of nitrogens with zero attached hydrogens (tertiary/aromatic N) is 4. The fourth-order valence-corrected chi connectivity index (χ4v) is 3.13. The van der Waals surface area contributed by atoms with Crippen LogP contribution in [0.15, 0.2) is 18.5 Å². The fraction of sp³-hybridized carbons (Fsp3) is 0.625. The maximum atomic E-state index is 4.73. The molecule has 0 bridgehead atoms. The van der Waals surface area contributed by atoms with E-state index in [1.165, 1.54) is 19.3 Å². The van der Waals surface area contributed by atoms with Crippen LogP contribution in [0.5, 0.6) is 0 Å². The Kier molecular flexibility index (Phi) is 3.95. The summed E-state index contributed by atoms with van der Waals surface area (Å²) in [4.78, 5) is 7.11. The second kappa shape index (κ2) is 5.59. The first kappa shape index (κ1) is 14.8. The van der Waals surface area contributed by atoms with Gasteiger partial charge in [0.05, 0.1) is 5.69 Å². The van der Waals surface area contributed by atoms with Gasteiger partial charge in [-0.2, -0.15) is 5.10 Å². The zero-order chi connectivity index (χ0) is 15.0. The number of anilines is 1. The lowest BCUT2D eigenvalue weighted by Crippen LogP contribution is -2.42. The van der Waals surface area contributed by atoms with Gasteiger partial charge in [-0.3, -0.25) is 0 Å². The predicted molar refractivity (Wildman–Crippen MR) is 90.5 cm³/mol. The van der Waals surface area contributed by atoms with Crippen LogP contribution in [0.4, 0.5) is 5.82 Å². The highest BCUT2D eigenvalue weighted by Crippen LogP contribution is 2.32. The van der Waals surface area contributed by atoms with Gasteiger partial charge in [-0.25, -0.2) is 9.50 Å². The Morgan fingerprint density at radius 3 is 2.71 bits per heavy atom. The summed E-state index contributed by atoms with van der Waals surface area (Å²) in [6.45, 7) is 7.59. The third-order valence-corrected chi connectivity index (χ3v) is 4.61. The van der Waals surface area contributed by atoms with Crippen LogP contribution in [0.3, 0.4) is 0 Å². The Bertz CT molecular complexity index is 625. The minimum atomic E-state index is 0.0556. The van der Waals surface area contributed by atoms with Crippen LogP contribution < -0.4 is 4.90 Å². The van der Waals surface area contributed by atoms with Gasteiger partial charge in [0.15, 0.2) is 5.82 Å². The topological polar surface area (TPSA) is 33.4 Å². The highest BCUT2D eigenvalue weighted by Gasteiger charge is 2.28. The van der Waals surface area contributed by atoms with Crippen molar-refractivity contribution in [1.82, 2.24) is 14.6 Å². The van der Waals surface area contributed by atoms with Crippen molar-refractivity contribution in [1.29, 1.82) is 0 Å².